The van der Waals surface area contributed by atoms with E-state index in [2.05, 4.69) is 30.3 Å². The van der Waals surface area contributed by atoms with Gasteiger partial charge in [-0.05, 0) is 12.1 Å². The van der Waals surface area contributed by atoms with Gasteiger partial charge in [0.15, 0.2) is 5.13 Å². The third kappa shape index (κ3) is 3.89. The van der Waals surface area contributed by atoms with Gasteiger partial charge in [-0.25, -0.2) is 4.98 Å². The van der Waals surface area contributed by atoms with Gasteiger partial charge in [-0.15, -0.1) is 16.4 Å². The Morgan fingerprint density at radius 1 is 1.15 bits per heavy atom. The molecule has 1 saturated heterocycles. The summed E-state index contributed by atoms with van der Waals surface area (Å²) in [5.74, 6) is 0.230. The highest BCUT2D eigenvalue weighted by Crippen LogP contribution is 2.20. The number of benzene rings is 1. The normalized spacial score (nSPS) is 15.2. The largest absolute Gasteiger partial charge is 0.403 e. The van der Waals surface area contributed by atoms with Gasteiger partial charge in [0.1, 0.15) is 0 Å². The molecule has 3 heterocycles. The number of rotatable bonds is 5. The van der Waals surface area contributed by atoms with Gasteiger partial charge in [0, 0.05) is 43.3 Å². The molecule has 0 saturated carbocycles. The quantitative estimate of drug-likeness (QED) is 0.734. The van der Waals surface area contributed by atoms with Crippen molar-refractivity contribution >= 4 is 28.4 Å². The van der Waals surface area contributed by atoms with Crippen LogP contribution in [0.3, 0.4) is 0 Å². The third-order valence-corrected chi connectivity index (χ3v) is 4.95. The first-order chi connectivity index (χ1) is 12.8. The Labute approximate surface area is 154 Å². The van der Waals surface area contributed by atoms with E-state index in [9.17, 15) is 4.79 Å². The number of nitrogens with zero attached hydrogens (tertiary/aromatic N) is 5. The number of piperazine rings is 1. The van der Waals surface area contributed by atoms with Crippen molar-refractivity contribution < 1.29 is 9.21 Å². The van der Waals surface area contributed by atoms with Gasteiger partial charge in [0.25, 0.3) is 0 Å². The lowest BCUT2D eigenvalue weighted by Gasteiger charge is -2.33. The number of carbonyl (C=O) groups excluding carboxylic acids is 1. The van der Waals surface area contributed by atoms with Crippen LogP contribution in [-0.4, -0.2) is 58.7 Å². The molecule has 134 valence electrons. The van der Waals surface area contributed by atoms with E-state index in [-0.39, 0.29) is 11.9 Å². The predicted molar refractivity (Wildman–Crippen MR) is 99.1 cm³/mol. The highest BCUT2D eigenvalue weighted by molar-refractivity contribution is 7.13. The smallest absolute Gasteiger partial charge is 0.322 e. The van der Waals surface area contributed by atoms with Crippen molar-refractivity contribution in [1.29, 1.82) is 0 Å². The Balaban J connectivity index is 1.28. The van der Waals surface area contributed by atoms with Crippen LogP contribution >= 0.6 is 11.3 Å². The fourth-order valence-electron chi connectivity index (χ4n) is 2.80. The number of aromatic nitrogens is 3. The summed E-state index contributed by atoms with van der Waals surface area (Å²) in [6, 6.07) is 9.57. The Bertz CT molecular complexity index is 843. The first kappa shape index (κ1) is 16.7. The standard InChI is InChI=1S/C17H18N6O2S/c24-14(12-22-7-9-23(10-8-22)17-18-6-11-26-17)19-16-21-20-15(25-16)13-4-2-1-3-5-13/h1-6,11H,7-10,12H2,(H,19,21,24). The average Bonchev–Trinajstić information content (AvgIpc) is 3.35. The van der Waals surface area contributed by atoms with Crippen LogP contribution in [0.25, 0.3) is 11.5 Å². The first-order valence-electron chi connectivity index (χ1n) is 8.33. The Kier molecular flexibility index (Phi) is 4.89. The van der Waals surface area contributed by atoms with Gasteiger partial charge in [0.05, 0.1) is 6.54 Å². The van der Waals surface area contributed by atoms with Crippen LogP contribution in [0.2, 0.25) is 0 Å². The summed E-state index contributed by atoms with van der Waals surface area (Å²) in [7, 11) is 0. The maximum absolute atomic E-state index is 12.2. The Morgan fingerprint density at radius 2 is 1.96 bits per heavy atom. The summed E-state index contributed by atoms with van der Waals surface area (Å²) in [6.45, 7) is 3.64. The molecular formula is C17H18N6O2S. The lowest BCUT2D eigenvalue weighted by Crippen LogP contribution is -2.48. The molecule has 1 aromatic carbocycles. The zero-order valence-electron chi connectivity index (χ0n) is 14.0. The minimum absolute atomic E-state index is 0.121. The van der Waals surface area contributed by atoms with Gasteiger partial charge in [-0.3, -0.25) is 15.0 Å². The molecule has 1 N–H and O–H groups in total. The maximum atomic E-state index is 12.2. The molecular weight excluding hydrogens is 352 g/mol. The van der Waals surface area contributed by atoms with Gasteiger partial charge in [-0.2, -0.15) is 0 Å². The van der Waals surface area contributed by atoms with Crippen molar-refractivity contribution in [2.45, 2.75) is 0 Å². The van der Waals surface area contributed by atoms with Crippen molar-refractivity contribution in [1.82, 2.24) is 20.1 Å². The number of amides is 1. The van der Waals surface area contributed by atoms with Crippen LogP contribution in [0.1, 0.15) is 0 Å². The van der Waals surface area contributed by atoms with E-state index in [4.69, 9.17) is 4.42 Å². The van der Waals surface area contributed by atoms with E-state index in [1.807, 2.05) is 41.9 Å². The predicted octanol–water partition coefficient (Wildman–Crippen LogP) is 1.95. The topological polar surface area (TPSA) is 87.4 Å². The summed E-state index contributed by atoms with van der Waals surface area (Å²) in [5, 5.41) is 13.5. The summed E-state index contributed by atoms with van der Waals surface area (Å²) >= 11 is 1.64. The highest BCUT2D eigenvalue weighted by atomic mass is 32.1. The zero-order valence-corrected chi connectivity index (χ0v) is 14.9. The molecule has 0 radical (unpaired) electrons. The average molecular weight is 370 g/mol. The molecule has 0 bridgehead atoms. The van der Waals surface area contributed by atoms with E-state index in [0.717, 1.165) is 36.9 Å². The molecule has 0 spiro atoms. The molecule has 1 amide bonds. The van der Waals surface area contributed by atoms with Crippen LogP contribution in [0.15, 0.2) is 46.3 Å². The van der Waals surface area contributed by atoms with Gasteiger partial charge < -0.3 is 9.32 Å². The van der Waals surface area contributed by atoms with Crippen LogP contribution < -0.4 is 10.2 Å². The van der Waals surface area contributed by atoms with Gasteiger partial charge in [0.2, 0.25) is 11.8 Å². The van der Waals surface area contributed by atoms with Crippen molar-refractivity contribution in [3.63, 3.8) is 0 Å². The zero-order chi connectivity index (χ0) is 17.8. The first-order valence-corrected chi connectivity index (χ1v) is 9.21. The maximum Gasteiger partial charge on any atom is 0.322 e. The van der Waals surface area contributed by atoms with Crippen molar-refractivity contribution in [3.05, 3.63) is 41.9 Å². The molecule has 1 aliphatic heterocycles. The van der Waals surface area contributed by atoms with E-state index >= 15 is 0 Å². The molecule has 1 fully saturated rings. The molecule has 1 aliphatic rings. The lowest BCUT2D eigenvalue weighted by molar-refractivity contribution is -0.117. The summed E-state index contributed by atoms with van der Waals surface area (Å²) in [6.07, 6.45) is 1.81. The second-order valence-electron chi connectivity index (χ2n) is 5.90. The number of hydrogen-bond donors (Lipinski definition) is 1. The molecule has 0 unspecified atom stereocenters. The minimum Gasteiger partial charge on any atom is -0.403 e. The van der Waals surface area contributed by atoms with Gasteiger partial charge >= 0.3 is 6.01 Å². The molecule has 2 aromatic heterocycles. The SMILES string of the molecule is O=C(CN1CCN(c2nccs2)CC1)Nc1nnc(-c2ccccc2)o1. The number of anilines is 2. The summed E-state index contributed by atoms with van der Waals surface area (Å²) in [5.41, 5.74) is 0.818. The second kappa shape index (κ2) is 7.63. The van der Waals surface area contributed by atoms with Gasteiger partial charge in [-0.1, -0.05) is 23.3 Å². The highest BCUT2D eigenvalue weighted by Gasteiger charge is 2.21. The Hall–Kier alpha value is -2.78. The fraction of sp³-hybridized carbons (Fsp3) is 0.294. The lowest BCUT2D eigenvalue weighted by atomic mass is 10.2. The fourth-order valence-corrected chi connectivity index (χ4v) is 3.50. The second-order valence-corrected chi connectivity index (χ2v) is 6.78. The molecule has 9 heteroatoms. The number of carbonyl (C=O) groups is 1. The molecule has 0 aliphatic carbocycles. The van der Waals surface area contributed by atoms with E-state index in [0.29, 0.717) is 12.4 Å². The number of nitrogens with one attached hydrogen (secondary N) is 1. The Morgan fingerprint density at radius 3 is 2.69 bits per heavy atom. The monoisotopic (exact) mass is 370 g/mol. The minimum atomic E-state index is -0.157. The van der Waals surface area contributed by atoms with Crippen LogP contribution in [0, 0.1) is 0 Å². The van der Waals surface area contributed by atoms with Crippen LogP contribution in [-0.2, 0) is 4.79 Å². The molecule has 4 rings (SSSR count). The van der Waals surface area contributed by atoms with Crippen molar-refractivity contribution in [3.8, 4) is 11.5 Å². The van der Waals surface area contributed by atoms with E-state index in [1.165, 1.54) is 0 Å². The molecule has 3 aromatic rings. The summed E-state index contributed by atoms with van der Waals surface area (Å²) < 4.78 is 5.51. The van der Waals surface area contributed by atoms with Crippen molar-refractivity contribution in [2.75, 3.05) is 42.9 Å². The van der Waals surface area contributed by atoms with Crippen molar-refractivity contribution in [2.24, 2.45) is 0 Å². The van der Waals surface area contributed by atoms with Crippen LogP contribution in [0.5, 0.6) is 0 Å². The number of hydrogen-bond acceptors (Lipinski definition) is 8. The van der Waals surface area contributed by atoms with Crippen LogP contribution in [0.4, 0.5) is 11.1 Å². The third-order valence-electron chi connectivity index (χ3n) is 4.12. The molecule has 26 heavy (non-hydrogen) atoms. The molecule has 8 nitrogen and oxygen atoms in total. The number of thiazole rings is 1. The summed E-state index contributed by atoms with van der Waals surface area (Å²) in [4.78, 5) is 20.9. The van der Waals surface area contributed by atoms with E-state index in [1.54, 1.807) is 11.3 Å². The van der Waals surface area contributed by atoms with E-state index < -0.39 is 0 Å². The molecule has 0 atom stereocenters.